The van der Waals surface area contributed by atoms with E-state index in [2.05, 4.69) is 29.8 Å². The number of hydrogen-bond acceptors (Lipinski definition) is 2. The summed E-state index contributed by atoms with van der Waals surface area (Å²) in [6.45, 7) is 4.24. The molecule has 94 valence electrons. The van der Waals surface area contributed by atoms with Gasteiger partial charge in [0, 0.05) is 17.6 Å². The van der Waals surface area contributed by atoms with E-state index in [-0.39, 0.29) is 0 Å². The van der Waals surface area contributed by atoms with Gasteiger partial charge in [-0.25, -0.2) is 4.79 Å². The molecule has 0 spiro atoms. The maximum absolute atomic E-state index is 11.2. The molecule has 1 atom stereocenters. The fourth-order valence-corrected chi connectivity index (χ4v) is 2.18. The van der Waals surface area contributed by atoms with E-state index in [1.54, 1.807) is 12.1 Å². The van der Waals surface area contributed by atoms with Crippen LogP contribution < -0.4 is 4.90 Å². The van der Waals surface area contributed by atoms with Gasteiger partial charge in [-0.2, -0.15) is 0 Å². The maximum Gasteiger partial charge on any atom is 0.337 e. The van der Waals surface area contributed by atoms with Gasteiger partial charge in [-0.15, -0.1) is 0 Å². The Labute approximate surface area is 111 Å². The van der Waals surface area contributed by atoms with Gasteiger partial charge in [0.05, 0.1) is 11.3 Å². The van der Waals surface area contributed by atoms with Crippen LogP contribution in [0.2, 0.25) is 0 Å². The zero-order valence-corrected chi connectivity index (χ0v) is 12.0. The Morgan fingerprint density at radius 2 is 2.18 bits per heavy atom. The van der Waals surface area contributed by atoms with E-state index in [0.29, 0.717) is 11.6 Å². The number of halogens is 1. The van der Waals surface area contributed by atoms with E-state index < -0.39 is 5.97 Å². The fourth-order valence-electron chi connectivity index (χ4n) is 1.83. The highest BCUT2D eigenvalue weighted by atomic mass is 79.9. The van der Waals surface area contributed by atoms with E-state index >= 15 is 0 Å². The summed E-state index contributed by atoms with van der Waals surface area (Å²) < 4.78 is 0.896. The predicted molar refractivity (Wildman–Crippen MR) is 73.9 cm³/mol. The molecule has 1 aromatic rings. The summed E-state index contributed by atoms with van der Waals surface area (Å²) in [4.78, 5) is 13.2. The molecule has 0 aliphatic rings. The van der Waals surface area contributed by atoms with Crippen molar-refractivity contribution in [2.75, 3.05) is 11.9 Å². The Balaban J connectivity index is 3.10. The first-order chi connectivity index (χ1) is 7.97. The van der Waals surface area contributed by atoms with Gasteiger partial charge in [0.1, 0.15) is 0 Å². The van der Waals surface area contributed by atoms with Gasteiger partial charge in [-0.05, 0) is 31.5 Å². The van der Waals surface area contributed by atoms with Crippen LogP contribution in [0.15, 0.2) is 22.7 Å². The van der Waals surface area contributed by atoms with Gasteiger partial charge in [0.25, 0.3) is 0 Å². The molecular formula is C13H18BrNO2. The molecule has 0 aliphatic carbocycles. The first-order valence-corrected chi connectivity index (χ1v) is 6.52. The third-order valence-corrected chi connectivity index (χ3v) is 3.43. The van der Waals surface area contributed by atoms with Crippen molar-refractivity contribution in [1.82, 2.24) is 0 Å². The zero-order valence-electron chi connectivity index (χ0n) is 10.4. The third kappa shape index (κ3) is 3.46. The fraction of sp³-hybridized carbons (Fsp3) is 0.462. The first-order valence-electron chi connectivity index (χ1n) is 5.73. The van der Waals surface area contributed by atoms with Crippen LogP contribution in [-0.4, -0.2) is 24.2 Å². The number of anilines is 1. The van der Waals surface area contributed by atoms with Crippen LogP contribution in [0, 0.1) is 0 Å². The molecule has 3 nitrogen and oxygen atoms in total. The Morgan fingerprint density at radius 1 is 1.53 bits per heavy atom. The lowest BCUT2D eigenvalue weighted by atomic mass is 10.1. The average Bonchev–Trinajstić information content (AvgIpc) is 2.27. The number of carboxylic acid groups (broad SMARTS) is 1. The predicted octanol–water partition coefficient (Wildman–Crippen LogP) is 3.77. The maximum atomic E-state index is 11.2. The van der Waals surface area contributed by atoms with Gasteiger partial charge in [0.2, 0.25) is 0 Å². The number of aromatic carboxylic acids is 1. The lowest BCUT2D eigenvalue weighted by Gasteiger charge is -2.28. The van der Waals surface area contributed by atoms with Crippen molar-refractivity contribution < 1.29 is 9.90 Å². The van der Waals surface area contributed by atoms with Crippen LogP contribution in [0.3, 0.4) is 0 Å². The molecule has 1 unspecified atom stereocenters. The van der Waals surface area contributed by atoms with Crippen LogP contribution in [0.4, 0.5) is 5.69 Å². The molecule has 0 aromatic heterocycles. The lowest BCUT2D eigenvalue weighted by Crippen LogP contribution is -2.30. The summed E-state index contributed by atoms with van der Waals surface area (Å²) >= 11 is 3.38. The van der Waals surface area contributed by atoms with Crippen molar-refractivity contribution in [3.63, 3.8) is 0 Å². The van der Waals surface area contributed by atoms with Crippen LogP contribution in [0.5, 0.6) is 0 Å². The van der Waals surface area contributed by atoms with Gasteiger partial charge in [0.15, 0.2) is 0 Å². The molecular weight excluding hydrogens is 282 g/mol. The molecule has 0 bridgehead atoms. The molecule has 17 heavy (non-hydrogen) atoms. The standard InChI is InChI=1S/C13H18BrNO2/c1-4-5-9(2)15(3)12-8-10(14)6-7-11(12)13(16)17/h6-9H,4-5H2,1-3H3,(H,16,17). The molecule has 1 N–H and O–H groups in total. The largest absolute Gasteiger partial charge is 0.478 e. The topological polar surface area (TPSA) is 40.5 Å². The van der Waals surface area contributed by atoms with Crippen molar-refractivity contribution in [3.05, 3.63) is 28.2 Å². The summed E-state index contributed by atoms with van der Waals surface area (Å²) in [6, 6.07) is 5.57. The molecule has 1 rings (SSSR count). The lowest BCUT2D eigenvalue weighted by molar-refractivity contribution is 0.0697. The second-order valence-corrected chi connectivity index (χ2v) is 5.13. The first kappa shape index (κ1) is 14.0. The minimum atomic E-state index is -0.886. The van der Waals surface area contributed by atoms with Gasteiger partial charge in [-0.3, -0.25) is 0 Å². The minimum absolute atomic E-state index is 0.326. The SMILES string of the molecule is CCCC(C)N(C)c1cc(Br)ccc1C(=O)O. The van der Waals surface area contributed by atoms with Crippen molar-refractivity contribution in [1.29, 1.82) is 0 Å². The van der Waals surface area contributed by atoms with Gasteiger partial charge >= 0.3 is 5.97 Å². The molecule has 0 aliphatic heterocycles. The normalized spacial score (nSPS) is 12.2. The van der Waals surface area contributed by atoms with Crippen molar-refractivity contribution in [2.45, 2.75) is 32.7 Å². The minimum Gasteiger partial charge on any atom is -0.478 e. The van der Waals surface area contributed by atoms with E-state index in [0.717, 1.165) is 23.0 Å². The highest BCUT2D eigenvalue weighted by molar-refractivity contribution is 9.10. The van der Waals surface area contributed by atoms with Crippen LogP contribution in [0.1, 0.15) is 37.0 Å². The van der Waals surface area contributed by atoms with Gasteiger partial charge < -0.3 is 10.0 Å². The number of hydrogen-bond donors (Lipinski definition) is 1. The Hall–Kier alpha value is -1.03. The second-order valence-electron chi connectivity index (χ2n) is 4.22. The summed E-state index contributed by atoms with van der Waals surface area (Å²) in [5.41, 5.74) is 1.10. The Morgan fingerprint density at radius 3 is 2.71 bits per heavy atom. The summed E-state index contributed by atoms with van der Waals surface area (Å²) in [7, 11) is 1.94. The van der Waals surface area contributed by atoms with E-state index in [1.807, 2.05) is 18.0 Å². The molecule has 4 heteroatoms. The quantitative estimate of drug-likeness (QED) is 0.900. The van der Waals surface area contributed by atoms with Gasteiger partial charge in [-0.1, -0.05) is 29.3 Å². The highest BCUT2D eigenvalue weighted by Gasteiger charge is 2.17. The van der Waals surface area contributed by atoms with E-state index in [1.165, 1.54) is 0 Å². The van der Waals surface area contributed by atoms with Crippen LogP contribution in [0.25, 0.3) is 0 Å². The summed E-state index contributed by atoms with van der Waals surface area (Å²) in [5, 5.41) is 9.18. The smallest absolute Gasteiger partial charge is 0.337 e. The second kappa shape index (κ2) is 6.05. The summed E-state index contributed by atoms with van der Waals surface area (Å²) in [5.74, 6) is -0.886. The molecule has 1 aromatic carbocycles. The van der Waals surface area contributed by atoms with Crippen LogP contribution in [-0.2, 0) is 0 Å². The highest BCUT2D eigenvalue weighted by Crippen LogP contribution is 2.26. The van der Waals surface area contributed by atoms with Crippen molar-refractivity contribution in [3.8, 4) is 0 Å². The average molecular weight is 300 g/mol. The number of carbonyl (C=O) groups is 1. The molecule has 0 radical (unpaired) electrons. The number of nitrogens with zero attached hydrogens (tertiary/aromatic N) is 1. The molecule has 0 saturated heterocycles. The van der Waals surface area contributed by atoms with E-state index in [9.17, 15) is 9.90 Å². The number of carboxylic acids is 1. The number of rotatable bonds is 5. The van der Waals surface area contributed by atoms with Crippen LogP contribution >= 0.6 is 15.9 Å². The van der Waals surface area contributed by atoms with Crippen molar-refractivity contribution in [2.24, 2.45) is 0 Å². The van der Waals surface area contributed by atoms with Crippen molar-refractivity contribution >= 4 is 27.6 Å². The monoisotopic (exact) mass is 299 g/mol. The van der Waals surface area contributed by atoms with E-state index in [4.69, 9.17) is 0 Å². The Bertz CT molecular complexity index is 406. The summed E-state index contributed by atoms with van der Waals surface area (Å²) in [6.07, 6.45) is 2.13. The zero-order chi connectivity index (χ0) is 13.0. The Kier molecular flexibility index (Phi) is 5.00. The molecule has 0 amide bonds. The molecule has 0 fully saturated rings. The third-order valence-electron chi connectivity index (χ3n) is 2.94. The molecule has 0 heterocycles. The number of benzene rings is 1. The molecule has 0 saturated carbocycles.